The van der Waals surface area contributed by atoms with Gasteiger partial charge in [0.15, 0.2) is 5.78 Å². The molecular formula is C12H14N2O. The second-order valence-electron chi connectivity index (χ2n) is 3.91. The van der Waals surface area contributed by atoms with Crippen molar-refractivity contribution in [1.29, 1.82) is 5.26 Å². The lowest BCUT2D eigenvalue weighted by molar-refractivity contribution is -0.120. The fourth-order valence-electron chi connectivity index (χ4n) is 1.41. The van der Waals surface area contributed by atoms with E-state index in [9.17, 15) is 4.79 Å². The van der Waals surface area contributed by atoms with Gasteiger partial charge in [-0.05, 0) is 23.6 Å². The van der Waals surface area contributed by atoms with E-state index in [1.807, 2.05) is 19.9 Å². The Hall–Kier alpha value is -1.69. The van der Waals surface area contributed by atoms with E-state index in [-0.39, 0.29) is 11.7 Å². The standard InChI is InChI=1S/C12H14N2O/c1-9(2)7-12(15)11(8-13)10-3-5-14-6-4-10/h3-6,9,11H,7H2,1-2H3. The Morgan fingerprint density at radius 2 is 2.07 bits per heavy atom. The van der Waals surface area contributed by atoms with Crippen molar-refractivity contribution in [1.82, 2.24) is 4.98 Å². The molecule has 0 N–H and O–H groups in total. The third-order valence-corrected chi connectivity index (χ3v) is 2.10. The number of ketones is 1. The monoisotopic (exact) mass is 202 g/mol. The number of nitriles is 1. The second kappa shape index (κ2) is 5.26. The number of hydrogen-bond acceptors (Lipinski definition) is 3. The molecule has 0 radical (unpaired) electrons. The van der Waals surface area contributed by atoms with Crippen LogP contribution in [0, 0.1) is 17.2 Å². The normalized spacial score (nSPS) is 12.1. The number of aromatic nitrogens is 1. The summed E-state index contributed by atoms with van der Waals surface area (Å²) in [7, 11) is 0. The van der Waals surface area contributed by atoms with Crippen LogP contribution in [0.1, 0.15) is 31.7 Å². The molecule has 0 aromatic carbocycles. The molecule has 0 spiro atoms. The van der Waals surface area contributed by atoms with E-state index >= 15 is 0 Å². The maximum Gasteiger partial charge on any atom is 0.154 e. The van der Waals surface area contributed by atoms with E-state index in [0.717, 1.165) is 5.56 Å². The summed E-state index contributed by atoms with van der Waals surface area (Å²) < 4.78 is 0. The molecule has 78 valence electrons. The summed E-state index contributed by atoms with van der Waals surface area (Å²) in [6.45, 7) is 3.94. The molecule has 1 heterocycles. The Labute approximate surface area is 89.8 Å². The first-order valence-electron chi connectivity index (χ1n) is 4.97. The van der Waals surface area contributed by atoms with Crippen molar-refractivity contribution >= 4 is 5.78 Å². The van der Waals surface area contributed by atoms with Crippen LogP contribution in [0.3, 0.4) is 0 Å². The molecule has 1 aromatic heterocycles. The molecule has 1 rings (SSSR count). The van der Waals surface area contributed by atoms with Crippen molar-refractivity contribution < 1.29 is 4.79 Å². The Bertz CT molecular complexity index is 365. The van der Waals surface area contributed by atoms with Gasteiger partial charge in [0.25, 0.3) is 0 Å². The zero-order valence-electron chi connectivity index (χ0n) is 8.97. The topological polar surface area (TPSA) is 53.8 Å². The van der Waals surface area contributed by atoms with Crippen LogP contribution in [0.4, 0.5) is 0 Å². The number of nitrogens with zero attached hydrogens (tertiary/aromatic N) is 2. The van der Waals surface area contributed by atoms with Crippen LogP contribution in [-0.4, -0.2) is 10.8 Å². The van der Waals surface area contributed by atoms with Gasteiger partial charge in [-0.15, -0.1) is 0 Å². The minimum absolute atomic E-state index is 0.0151. The Morgan fingerprint density at radius 1 is 1.47 bits per heavy atom. The lowest BCUT2D eigenvalue weighted by atomic mass is 9.92. The molecule has 0 bridgehead atoms. The Kier molecular flexibility index (Phi) is 3.99. The van der Waals surface area contributed by atoms with Gasteiger partial charge in [-0.25, -0.2) is 0 Å². The highest BCUT2D eigenvalue weighted by Crippen LogP contribution is 2.18. The maximum atomic E-state index is 11.7. The van der Waals surface area contributed by atoms with E-state index in [4.69, 9.17) is 5.26 Å². The zero-order chi connectivity index (χ0) is 11.3. The van der Waals surface area contributed by atoms with Crippen LogP contribution in [0.2, 0.25) is 0 Å². The number of carbonyl (C=O) groups excluding carboxylic acids is 1. The summed E-state index contributed by atoms with van der Waals surface area (Å²) >= 11 is 0. The number of pyridine rings is 1. The fraction of sp³-hybridized carbons (Fsp3) is 0.417. The van der Waals surface area contributed by atoms with Gasteiger partial charge in [-0.1, -0.05) is 13.8 Å². The zero-order valence-corrected chi connectivity index (χ0v) is 8.97. The average molecular weight is 202 g/mol. The minimum Gasteiger partial charge on any atom is -0.298 e. The molecule has 1 atom stereocenters. The van der Waals surface area contributed by atoms with Crippen molar-refractivity contribution in [2.24, 2.45) is 5.92 Å². The van der Waals surface area contributed by atoms with Crippen molar-refractivity contribution in [2.45, 2.75) is 26.2 Å². The Balaban J connectivity index is 2.82. The Morgan fingerprint density at radius 3 is 2.53 bits per heavy atom. The van der Waals surface area contributed by atoms with E-state index in [0.29, 0.717) is 6.42 Å². The van der Waals surface area contributed by atoms with Gasteiger partial charge in [0.05, 0.1) is 6.07 Å². The molecule has 0 fully saturated rings. The molecule has 0 saturated heterocycles. The van der Waals surface area contributed by atoms with Gasteiger partial charge < -0.3 is 0 Å². The molecule has 0 amide bonds. The molecular weight excluding hydrogens is 188 g/mol. The molecule has 3 heteroatoms. The van der Waals surface area contributed by atoms with Crippen molar-refractivity contribution in [3.63, 3.8) is 0 Å². The molecule has 1 aromatic rings. The number of rotatable bonds is 4. The summed E-state index contributed by atoms with van der Waals surface area (Å²) in [6, 6.07) is 5.47. The SMILES string of the molecule is CC(C)CC(=O)C(C#N)c1ccncc1. The van der Waals surface area contributed by atoms with Crippen LogP contribution in [0.25, 0.3) is 0 Å². The first kappa shape index (κ1) is 11.4. The van der Waals surface area contributed by atoms with Gasteiger partial charge in [0.1, 0.15) is 5.92 Å². The predicted octanol–water partition coefficient (Wildman–Crippen LogP) is 2.30. The molecule has 15 heavy (non-hydrogen) atoms. The predicted molar refractivity (Wildman–Crippen MR) is 57.1 cm³/mol. The minimum atomic E-state index is -0.643. The quantitative estimate of drug-likeness (QED) is 0.752. The van der Waals surface area contributed by atoms with Crippen LogP contribution < -0.4 is 0 Å². The molecule has 0 aliphatic carbocycles. The number of carbonyl (C=O) groups is 1. The summed E-state index contributed by atoms with van der Waals surface area (Å²) in [6.07, 6.45) is 3.64. The van der Waals surface area contributed by atoms with E-state index < -0.39 is 5.92 Å². The molecule has 0 aliphatic rings. The van der Waals surface area contributed by atoms with Crippen molar-refractivity contribution in [2.75, 3.05) is 0 Å². The highest BCUT2D eigenvalue weighted by atomic mass is 16.1. The fourth-order valence-corrected chi connectivity index (χ4v) is 1.41. The average Bonchev–Trinajstić information content (AvgIpc) is 2.19. The third kappa shape index (κ3) is 3.17. The van der Waals surface area contributed by atoms with Gasteiger partial charge in [-0.3, -0.25) is 9.78 Å². The number of hydrogen-bond donors (Lipinski definition) is 0. The van der Waals surface area contributed by atoms with Crippen molar-refractivity contribution in [3.05, 3.63) is 30.1 Å². The van der Waals surface area contributed by atoms with Crippen LogP contribution in [-0.2, 0) is 4.79 Å². The van der Waals surface area contributed by atoms with Gasteiger partial charge in [0.2, 0.25) is 0 Å². The first-order valence-corrected chi connectivity index (χ1v) is 4.97. The molecule has 0 aliphatic heterocycles. The lowest BCUT2D eigenvalue weighted by Gasteiger charge is -2.09. The second-order valence-corrected chi connectivity index (χ2v) is 3.91. The van der Waals surface area contributed by atoms with Crippen molar-refractivity contribution in [3.8, 4) is 6.07 Å². The van der Waals surface area contributed by atoms with Gasteiger partial charge in [0, 0.05) is 18.8 Å². The van der Waals surface area contributed by atoms with E-state index in [1.165, 1.54) is 0 Å². The number of Topliss-reactive ketones (excluding diaryl/α,β-unsaturated/α-hetero) is 1. The van der Waals surface area contributed by atoms with E-state index in [2.05, 4.69) is 4.98 Å². The maximum absolute atomic E-state index is 11.7. The van der Waals surface area contributed by atoms with Gasteiger partial charge >= 0.3 is 0 Å². The summed E-state index contributed by atoms with van der Waals surface area (Å²) in [4.78, 5) is 15.6. The van der Waals surface area contributed by atoms with E-state index in [1.54, 1.807) is 24.5 Å². The highest BCUT2D eigenvalue weighted by molar-refractivity contribution is 5.88. The lowest BCUT2D eigenvalue weighted by Crippen LogP contribution is -2.13. The first-order chi connectivity index (χ1) is 7.15. The highest BCUT2D eigenvalue weighted by Gasteiger charge is 2.20. The molecule has 1 unspecified atom stereocenters. The molecule has 3 nitrogen and oxygen atoms in total. The summed E-state index contributed by atoms with van der Waals surface area (Å²) in [5.74, 6) is -0.371. The molecule has 0 saturated carbocycles. The largest absolute Gasteiger partial charge is 0.298 e. The van der Waals surface area contributed by atoms with Crippen LogP contribution in [0.5, 0.6) is 0 Å². The van der Waals surface area contributed by atoms with Crippen LogP contribution in [0.15, 0.2) is 24.5 Å². The summed E-state index contributed by atoms with van der Waals surface area (Å²) in [5, 5.41) is 8.97. The third-order valence-electron chi connectivity index (χ3n) is 2.10. The smallest absolute Gasteiger partial charge is 0.154 e. The summed E-state index contributed by atoms with van der Waals surface area (Å²) in [5.41, 5.74) is 0.734. The van der Waals surface area contributed by atoms with Gasteiger partial charge in [-0.2, -0.15) is 5.26 Å². The van der Waals surface area contributed by atoms with Crippen LogP contribution >= 0.6 is 0 Å².